The van der Waals surface area contributed by atoms with Crippen LogP contribution in [0.5, 0.6) is 0 Å². The second-order valence-corrected chi connectivity index (χ2v) is 1.81. The van der Waals surface area contributed by atoms with Gasteiger partial charge in [-0.1, -0.05) is 0 Å². The molecule has 0 amide bonds. The Morgan fingerprint density at radius 2 is 1.69 bits per heavy atom. The van der Waals surface area contributed by atoms with Gasteiger partial charge in [0, 0.05) is 6.07 Å². The number of aromatic carboxylic acids is 2. The fraction of sp³-hybridized carbons (Fsp3) is 0. The summed E-state index contributed by atoms with van der Waals surface area (Å²) in [5, 5.41) is 16.6. The first kappa shape index (κ1) is 14.3. The van der Waals surface area contributed by atoms with Gasteiger partial charge in [0.05, 0.1) is 5.56 Å². The molecule has 0 saturated heterocycles. The van der Waals surface area contributed by atoms with Gasteiger partial charge >= 0.3 is 11.9 Å². The van der Waals surface area contributed by atoms with Crippen LogP contribution in [-0.4, -0.2) is 22.2 Å². The molecule has 13 heavy (non-hydrogen) atoms. The summed E-state index contributed by atoms with van der Waals surface area (Å²) in [6, 6.07) is 0.949. The summed E-state index contributed by atoms with van der Waals surface area (Å²) in [6.45, 7) is 0. The fourth-order valence-corrected chi connectivity index (χ4v) is 0.561. The molecule has 0 aliphatic carbocycles. The highest BCUT2D eigenvalue weighted by Crippen LogP contribution is 2.06. The second-order valence-electron chi connectivity index (χ2n) is 1.81. The zero-order chi connectivity index (χ0) is 8.43. The molecule has 74 valence electrons. The molecule has 0 atom stereocenters. The molecule has 0 unspecified atom stereocenters. The van der Waals surface area contributed by atoms with Gasteiger partial charge in [-0.3, -0.25) is 0 Å². The molecule has 0 aliphatic heterocycles. The minimum Gasteiger partial charge on any atom is -0.478 e. The van der Waals surface area contributed by atoms with Crippen molar-refractivity contribution in [1.29, 1.82) is 0 Å². The summed E-state index contributed by atoms with van der Waals surface area (Å²) in [4.78, 5) is 20.3. The molecule has 5 nitrogen and oxygen atoms in total. The van der Waals surface area contributed by atoms with Gasteiger partial charge in [-0.05, 0) is 0 Å². The van der Waals surface area contributed by atoms with E-state index in [9.17, 15) is 9.59 Å². The van der Waals surface area contributed by atoms with Gasteiger partial charge in [0.2, 0.25) is 5.76 Å². The third-order valence-corrected chi connectivity index (χ3v) is 1.06. The van der Waals surface area contributed by atoms with Gasteiger partial charge in [-0.15, -0.1) is 24.8 Å². The van der Waals surface area contributed by atoms with Crippen LogP contribution in [0.1, 0.15) is 20.9 Å². The Kier molecular flexibility index (Phi) is 6.00. The minimum atomic E-state index is -1.28. The van der Waals surface area contributed by atoms with E-state index in [0.29, 0.717) is 0 Å². The number of carboxylic acids is 2. The molecule has 1 aromatic rings. The van der Waals surface area contributed by atoms with E-state index in [2.05, 4.69) is 4.42 Å². The molecule has 0 aliphatic rings. The SMILES string of the molecule is Cl.Cl.O=C(O)c1coc(C(=O)O)c1. The Bertz CT molecular complexity index is 277. The lowest BCUT2D eigenvalue weighted by molar-refractivity contribution is 0.0659. The van der Waals surface area contributed by atoms with Crippen LogP contribution >= 0.6 is 24.8 Å². The van der Waals surface area contributed by atoms with Crippen LogP contribution in [-0.2, 0) is 0 Å². The van der Waals surface area contributed by atoms with E-state index in [-0.39, 0.29) is 36.1 Å². The third kappa shape index (κ3) is 3.35. The molecular weight excluding hydrogens is 223 g/mol. The normalized spacial score (nSPS) is 8.00. The average molecular weight is 229 g/mol. The highest BCUT2D eigenvalue weighted by Gasteiger charge is 2.12. The summed E-state index contributed by atoms with van der Waals surface area (Å²) in [5.74, 6) is -2.86. The highest BCUT2D eigenvalue weighted by molar-refractivity contribution is 5.91. The third-order valence-electron chi connectivity index (χ3n) is 1.06. The van der Waals surface area contributed by atoms with E-state index >= 15 is 0 Å². The molecule has 1 aromatic heterocycles. The van der Waals surface area contributed by atoms with E-state index in [1.165, 1.54) is 0 Å². The summed E-state index contributed by atoms with van der Waals surface area (Å²) in [6.07, 6.45) is 0.881. The summed E-state index contributed by atoms with van der Waals surface area (Å²) in [5.41, 5.74) is -0.164. The zero-order valence-corrected chi connectivity index (χ0v) is 7.72. The monoisotopic (exact) mass is 228 g/mol. The van der Waals surface area contributed by atoms with Crippen molar-refractivity contribution in [2.24, 2.45) is 0 Å². The lowest BCUT2D eigenvalue weighted by Crippen LogP contribution is -1.94. The molecular formula is C6H6Cl2O5. The smallest absolute Gasteiger partial charge is 0.371 e. The molecule has 0 radical (unpaired) electrons. The predicted octanol–water partition coefficient (Wildman–Crippen LogP) is 1.52. The molecule has 2 N–H and O–H groups in total. The van der Waals surface area contributed by atoms with Gasteiger partial charge in [-0.25, -0.2) is 9.59 Å². The van der Waals surface area contributed by atoms with Crippen LogP contribution in [0.15, 0.2) is 16.7 Å². The van der Waals surface area contributed by atoms with Gasteiger partial charge in [0.1, 0.15) is 6.26 Å². The molecule has 0 bridgehead atoms. The number of furan rings is 1. The van der Waals surface area contributed by atoms with Crippen molar-refractivity contribution in [3.8, 4) is 0 Å². The van der Waals surface area contributed by atoms with Crippen molar-refractivity contribution in [1.82, 2.24) is 0 Å². The number of carboxylic acid groups (broad SMARTS) is 2. The minimum absolute atomic E-state index is 0. The van der Waals surface area contributed by atoms with Crippen molar-refractivity contribution in [3.05, 3.63) is 23.7 Å². The first-order chi connectivity index (χ1) is 5.11. The van der Waals surface area contributed by atoms with Crippen molar-refractivity contribution in [3.63, 3.8) is 0 Å². The predicted molar refractivity (Wildman–Crippen MR) is 47.1 cm³/mol. The molecule has 0 saturated carbocycles. The van der Waals surface area contributed by atoms with E-state index in [1.54, 1.807) is 0 Å². The van der Waals surface area contributed by atoms with Crippen LogP contribution in [0.25, 0.3) is 0 Å². The number of carbonyl (C=O) groups is 2. The number of hydrogen-bond acceptors (Lipinski definition) is 3. The Morgan fingerprint density at radius 3 is 1.92 bits per heavy atom. The van der Waals surface area contributed by atoms with E-state index in [0.717, 1.165) is 12.3 Å². The number of rotatable bonds is 2. The summed E-state index contributed by atoms with van der Waals surface area (Å²) >= 11 is 0. The van der Waals surface area contributed by atoms with Crippen LogP contribution in [0, 0.1) is 0 Å². The lowest BCUT2D eigenvalue weighted by atomic mass is 10.3. The Hall–Kier alpha value is -1.20. The maximum Gasteiger partial charge on any atom is 0.371 e. The van der Waals surface area contributed by atoms with Crippen LogP contribution in [0.4, 0.5) is 0 Å². The van der Waals surface area contributed by atoms with E-state index < -0.39 is 11.9 Å². The Balaban J connectivity index is 0. The van der Waals surface area contributed by atoms with Gasteiger partial charge in [-0.2, -0.15) is 0 Å². The van der Waals surface area contributed by atoms with Crippen molar-refractivity contribution in [2.75, 3.05) is 0 Å². The maximum atomic E-state index is 10.2. The Labute approximate surface area is 85.2 Å². The average Bonchev–Trinajstić information content (AvgIpc) is 2.33. The molecule has 1 heterocycles. The zero-order valence-electron chi connectivity index (χ0n) is 6.09. The topological polar surface area (TPSA) is 87.7 Å². The van der Waals surface area contributed by atoms with Gasteiger partial charge in [0.25, 0.3) is 0 Å². The van der Waals surface area contributed by atoms with Crippen LogP contribution in [0.2, 0.25) is 0 Å². The number of hydrogen-bond donors (Lipinski definition) is 2. The molecule has 0 fully saturated rings. The van der Waals surface area contributed by atoms with Crippen molar-refractivity contribution >= 4 is 36.8 Å². The molecule has 1 rings (SSSR count). The van der Waals surface area contributed by atoms with Gasteiger partial charge in [0.15, 0.2) is 0 Å². The molecule has 0 spiro atoms. The first-order valence-electron chi connectivity index (χ1n) is 2.66. The summed E-state index contributed by atoms with van der Waals surface area (Å²) in [7, 11) is 0. The van der Waals surface area contributed by atoms with Crippen LogP contribution in [0.3, 0.4) is 0 Å². The van der Waals surface area contributed by atoms with E-state index in [4.69, 9.17) is 10.2 Å². The van der Waals surface area contributed by atoms with Crippen LogP contribution < -0.4 is 0 Å². The maximum absolute atomic E-state index is 10.2. The summed E-state index contributed by atoms with van der Waals surface area (Å²) < 4.78 is 4.41. The Morgan fingerprint density at radius 1 is 1.15 bits per heavy atom. The van der Waals surface area contributed by atoms with Crippen molar-refractivity contribution in [2.45, 2.75) is 0 Å². The lowest BCUT2D eigenvalue weighted by Gasteiger charge is -1.80. The largest absolute Gasteiger partial charge is 0.478 e. The quantitative estimate of drug-likeness (QED) is 0.802. The van der Waals surface area contributed by atoms with Crippen molar-refractivity contribution < 1.29 is 24.2 Å². The second kappa shape index (κ2) is 5.45. The van der Waals surface area contributed by atoms with E-state index in [1.807, 2.05) is 0 Å². The standard InChI is InChI=1S/C6H4O5.2ClH/c7-5(8)3-1-4(6(9)10)11-2-3;;/h1-2H,(H,7,8)(H,9,10);2*1H. The first-order valence-corrected chi connectivity index (χ1v) is 2.66. The van der Waals surface area contributed by atoms with Gasteiger partial charge < -0.3 is 14.6 Å². The molecule has 7 heteroatoms. The highest BCUT2D eigenvalue weighted by atomic mass is 35.5. The number of halogens is 2. The fourth-order valence-electron chi connectivity index (χ4n) is 0.561. The molecule has 0 aromatic carbocycles.